The number of carbonyl (C=O) groups is 1. The number of hydrogen-bond donors (Lipinski definition) is 0. The summed E-state index contributed by atoms with van der Waals surface area (Å²) in [5.74, 6) is 0.769. The summed E-state index contributed by atoms with van der Waals surface area (Å²) < 4.78 is 7.18. The van der Waals surface area contributed by atoms with Crippen LogP contribution in [0.3, 0.4) is 0 Å². The van der Waals surface area contributed by atoms with E-state index in [0.717, 1.165) is 5.56 Å². The van der Waals surface area contributed by atoms with Gasteiger partial charge in [0.05, 0.1) is 16.9 Å². The lowest BCUT2D eigenvalue weighted by atomic mass is 10.1. The highest BCUT2D eigenvalue weighted by molar-refractivity contribution is 6.31. The molecule has 0 aliphatic heterocycles. The minimum Gasteiger partial charge on any atom is -0.484 e. The molecule has 1 aromatic heterocycles. The monoisotopic (exact) mass is 495 g/mol. The molecule has 0 saturated heterocycles. The van der Waals surface area contributed by atoms with Crippen LogP contribution in [0, 0.1) is 0 Å². The van der Waals surface area contributed by atoms with Crippen molar-refractivity contribution in [3.63, 3.8) is 0 Å². The van der Waals surface area contributed by atoms with Gasteiger partial charge in [0.1, 0.15) is 11.6 Å². The lowest BCUT2D eigenvalue weighted by Gasteiger charge is -2.30. The highest BCUT2D eigenvalue weighted by Crippen LogP contribution is 2.24. The Bertz CT molecular complexity index is 1370. The van der Waals surface area contributed by atoms with Gasteiger partial charge in [-0.2, -0.15) is 0 Å². The molecule has 8 heteroatoms. The van der Waals surface area contributed by atoms with Crippen LogP contribution in [0.1, 0.15) is 24.4 Å². The summed E-state index contributed by atoms with van der Waals surface area (Å²) in [7, 11) is 1.65. The largest absolute Gasteiger partial charge is 0.484 e. The van der Waals surface area contributed by atoms with Gasteiger partial charge in [0, 0.05) is 23.6 Å². The second kappa shape index (κ2) is 10.3. The fraction of sp³-hybridized carbons (Fsp3) is 0.192. The molecule has 6 nitrogen and oxygen atoms in total. The molecule has 0 aliphatic rings. The van der Waals surface area contributed by atoms with Crippen LogP contribution in [-0.2, 0) is 18.4 Å². The summed E-state index contributed by atoms with van der Waals surface area (Å²) in [4.78, 5) is 32.7. The SMILES string of the molecule is CC(c1nc2ccc(Cl)cc2c(=O)n1C)N(Cc1ccccc1)C(=O)COc1ccc(Cl)cc1. The summed E-state index contributed by atoms with van der Waals surface area (Å²) in [5, 5.41) is 1.48. The van der Waals surface area contributed by atoms with Crippen molar-refractivity contribution >= 4 is 40.0 Å². The Balaban J connectivity index is 1.67. The Morgan fingerprint density at radius 3 is 2.41 bits per heavy atom. The number of nitrogens with zero attached hydrogens (tertiary/aromatic N) is 3. The third kappa shape index (κ3) is 5.24. The number of rotatable bonds is 7. The molecule has 0 radical (unpaired) electrons. The molecule has 1 unspecified atom stereocenters. The number of halogens is 2. The van der Waals surface area contributed by atoms with Crippen LogP contribution in [0.5, 0.6) is 5.75 Å². The maximum absolute atomic E-state index is 13.3. The second-order valence-electron chi connectivity index (χ2n) is 7.92. The van der Waals surface area contributed by atoms with Crippen LogP contribution in [0.25, 0.3) is 10.9 Å². The molecule has 34 heavy (non-hydrogen) atoms. The summed E-state index contributed by atoms with van der Waals surface area (Å²) >= 11 is 12.0. The van der Waals surface area contributed by atoms with Gasteiger partial charge in [-0.15, -0.1) is 0 Å². The standard InChI is InChI=1S/C26H23Cl2N3O3/c1-17(25-29-23-13-10-20(28)14-22(23)26(33)30(25)2)31(15-18-6-4-3-5-7-18)24(32)16-34-21-11-8-19(27)9-12-21/h3-14,17H,15-16H2,1-2H3. The van der Waals surface area contributed by atoms with Crippen LogP contribution >= 0.6 is 23.2 Å². The van der Waals surface area contributed by atoms with Crippen molar-refractivity contribution in [1.82, 2.24) is 14.5 Å². The Morgan fingerprint density at radius 2 is 1.71 bits per heavy atom. The lowest BCUT2D eigenvalue weighted by Crippen LogP contribution is -2.39. The van der Waals surface area contributed by atoms with Gasteiger partial charge in [-0.05, 0) is 55.0 Å². The highest BCUT2D eigenvalue weighted by Gasteiger charge is 2.26. The van der Waals surface area contributed by atoms with Crippen LogP contribution in [0.15, 0.2) is 77.6 Å². The highest BCUT2D eigenvalue weighted by atomic mass is 35.5. The quantitative estimate of drug-likeness (QED) is 0.343. The Labute approximate surface area is 207 Å². The van der Waals surface area contributed by atoms with Crippen molar-refractivity contribution in [3.8, 4) is 5.75 Å². The first-order valence-electron chi connectivity index (χ1n) is 10.7. The van der Waals surface area contributed by atoms with Gasteiger partial charge >= 0.3 is 0 Å². The van der Waals surface area contributed by atoms with Gasteiger partial charge in [0.2, 0.25) is 0 Å². The van der Waals surface area contributed by atoms with E-state index in [2.05, 4.69) is 0 Å². The molecule has 0 fully saturated rings. The van der Waals surface area contributed by atoms with Crippen LogP contribution in [0.2, 0.25) is 10.0 Å². The number of amides is 1. The number of aromatic nitrogens is 2. The second-order valence-corrected chi connectivity index (χ2v) is 8.79. The van der Waals surface area contributed by atoms with Crippen LogP contribution in [-0.4, -0.2) is 27.0 Å². The number of hydrogen-bond acceptors (Lipinski definition) is 4. The molecule has 0 aliphatic carbocycles. The summed E-state index contributed by atoms with van der Waals surface area (Å²) in [5.41, 5.74) is 1.25. The fourth-order valence-electron chi connectivity index (χ4n) is 3.75. The van der Waals surface area contributed by atoms with Crippen molar-refractivity contribution in [2.75, 3.05) is 6.61 Å². The number of carbonyl (C=O) groups excluding carboxylic acids is 1. The first-order chi connectivity index (χ1) is 16.3. The number of ether oxygens (including phenoxy) is 1. The Hall–Kier alpha value is -3.35. The average molecular weight is 496 g/mol. The minimum atomic E-state index is -0.501. The average Bonchev–Trinajstić information content (AvgIpc) is 2.85. The van der Waals surface area contributed by atoms with Gasteiger partial charge in [0.15, 0.2) is 6.61 Å². The molecule has 4 rings (SSSR count). The summed E-state index contributed by atoms with van der Waals surface area (Å²) in [6, 6.07) is 21.0. The molecule has 0 bridgehead atoms. The predicted molar refractivity (Wildman–Crippen MR) is 134 cm³/mol. The Morgan fingerprint density at radius 1 is 1.03 bits per heavy atom. The van der Waals surface area contributed by atoms with E-state index < -0.39 is 6.04 Å². The molecule has 1 atom stereocenters. The zero-order chi connectivity index (χ0) is 24.2. The van der Waals surface area contributed by atoms with Gasteiger partial charge in [-0.3, -0.25) is 14.2 Å². The molecule has 0 spiro atoms. The van der Waals surface area contributed by atoms with Crippen molar-refractivity contribution in [3.05, 3.63) is 105 Å². The van der Waals surface area contributed by atoms with E-state index in [4.69, 9.17) is 32.9 Å². The van der Waals surface area contributed by atoms with E-state index in [1.807, 2.05) is 37.3 Å². The minimum absolute atomic E-state index is 0.171. The van der Waals surface area contributed by atoms with Gasteiger partial charge < -0.3 is 9.64 Å². The van der Waals surface area contributed by atoms with Crippen molar-refractivity contribution in [2.45, 2.75) is 19.5 Å². The molecule has 0 N–H and O–H groups in total. The smallest absolute Gasteiger partial charge is 0.261 e. The molecular formula is C26H23Cl2N3O3. The third-order valence-electron chi connectivity index (χ3n) is 5.61. The molecule has 0 saturated carbocycles. The van der Waals surface area contributed by atoms with E-state index in [1.54, 1.807) is 54.4 Å². The Kier molecular flexibility index (Phi) is 7.20. The zero-order valence-electron chi connectivity index (χ0n) is 18.7. The van der Waals surface area contributed by atoms with Gasteiger partial charge in [-0.1, -0.05) is 53.5 Å². The molecule has 3 aromatic carbocycles. The summed E-state index contributed by atoms with van der Waals surface area (Å²) in [6.07, 6.45) is 0. The topological polar surface area (TPSA) is 64.4 Å². The van der Waals surface area contributed by atoms with E-state index in [9.17, 15) is 9.59 Å². The van der Waals surface area contributed by atoms with Gasteiger partial charge in [0.25, 0.3) is 11.5 Å². The lowest BCUT2D eigenvalue weighted by molar-refractivity contribution is -0.136. The first kappa shape index (κ1) is 23.8. The normalized spacial score (nSPS) is 11.9. The molecule has 1 amide bonds. The van der Waals surface area contributed by atoms with E-state index in [1.165, 1.54) is 4.57 Å². The fourth-order valence-corrected chi connectivity index (χ4v) is 4.05. The van der Waals surface area contributed by atoms with E-state index >= 15 is 0 Å². The zero-order valence-corrected chi connectivity index (χ0v) is 20.3. The number of benzene rings is 3. The van der Waals surface area contributed by atoms with Crippen LogP contribution in [0.4, 0.5) is 0 Å². The van der Waals surface area contributed by atoms with E-state index in [-0.39, 0.29) is 18.1 Å². The number of fused-ring (bicyclic) bond motifs is 1. The maximum Gasteiger partial charge on any atom is 0.261 e. The van der Waals surface area contributed by atoms with Crippen molar-refractivity contribution in [2.24, 2.45) is 7.05 Å². The third-order valence-corrected chi connectivity index (χ3v) is 6.09. The van der Waals surface area contributed by atoms with E-state index in [0.29, 0.717) is 39.1 Å². The van der Waals surface area contributed by atoms with Gasteiger partial charge in [-0.25, -0.2) is 4.98 Å². The van der Waals surface area contributed by atoms with Crippen molar-refractivity contribution in [1.29, 1.82) is 0 Å². The first-order valence-corrected chi connectivity index (χ1v) is 11.5. The predicted octanol–water partition coefficient (Wildman–Crippen LogP) is 5.41. The van der Waals surface area contributed by atoms with Crippen molar-refractivity contribution < 1.29 is 9.53 Å². The maximum atomic E-state index is 13.3. The molecule has 174 valence electrons. The van der Waals surface area contributed by atoms with Crippen LogP contribution < -0.4 is 10.3 Å². The molecule has 4 aromatic rings. The summed E-state index contributed by atoms with van der Waals surface area (Å²) in [6.45, 7) is 2.02. The molecular weight excluding hydrogens is 473 g/mol. The molecule has 1 heterocycles.